The number of nitrogen functional groups attached to an aromatic ring is 1. The minimum Gasteiger partial charge on any atom is -0.397 e. The Bertz CT molecular complexity index is 429. The predicted octanol–water partition coefficient (Wildman–Crippen LogP) is 3.72. The van der Waals surface area contributed by atoms with E-state index < -0.39 is 0 Å². The highest BCUT2D eigenvalue weighted by Gasteiger charge is 2.15. The Labute approximate surface area is 125 Å². The largest absolute Gasteiger partial charge is 0.397 e. The Kier molecular flexibility index (Phi) is 5.20. The van der Waals surface area contributed by atoms with Crippen LogP contribution >= 0.6 is 23.2 Å². The summed E-state index contributed by atoms with van der Waals surface area (Å²) in [4.78, 5) is 2.49. The molecule has 5 heteroatoms. The van der Waals surface area contributed by atoms with Crippen molar-refractivity contribution in [3.05, 3.63) is 22.2 Å². The van der Waals surface area contributed by atoms with Gasteiger partial charge in [-0.1, -0.05) is 30.1 Å². The van der Waals surface area contributed by atoms with Crippen molar-refractivity contribution in [2.75, 3.05) is 37.2 Å². The minimum atomic E-state index is 0.495. The van der Waals surface area contributed by atoms with Gasteiger partial charge in [-0.15, -0.1) is 0 Å². The summed E-state index contributed by atoms with van der Waals surface area (Å²) in [5.74, 6) is 0.870. The van der Waals surface area contributed by atoms with E-state index in [1.54, 1.807) is 12.1 Å². The maximum Gasteiger partial charge on any atom is 0.0614 e. The van der Waals surface area contributed by atoms with Gasteiger partial charge in [0.15, 0.2) is 0 Å². The van der Waals surface area contributed by atoms with E-state index in [0.717, 1.165) is 24.7 Å². The maximum absolute atomic E-state index is 5.99. The Balaban J connectivity index is 1.81. The van der Waals surface area contributed by atoms with E-state index in [1.165, 1.54) is 25.9 Å². The molecule has 0 spiro atoms. The van der Waals surface area contributed by atoms with Gasteiger partial charge in [0.25, 0.3) is 0 Å². The Morgan fingerprint density at radius 3 is 2.58 bits per heavy atom. The molecular formula is C14H21Cl2N3. The smallest absolute Gasteiger partial charge is 0.0614 e. The molecule has 1 fully saturated rings. The molecule has 0 amide bonds. The minimum absolute atomic E-state index is 0.495. The summed E-state index contributed by atoms with van der Waals surface area (Å²) in [6.07, 6.45) is 2.60. The third kappa shape index (κ3) is 4.16. The van der Waals surface area contributed by atoms with Crippen molar-refractivity contribution >= 4 is 34.6 Å². The Morgan fingerprint density at radius 1 is 1.26 bits per heavy atom. The fourth-order valence-electron chi connectivity index (χ4n) is 2.35. The van der Waals surface area contributed by atoms with Gasteiger partial charge in [-0.3, -0.25) is 0 Å². The summed E-state index contributed by atoms with van der Waals surface area (Å²) < 4.78 is 0. The van der Waals surface area contributed by atoms with Crippen LogP contribution in [0.25, 0.3) is 0 Å². The Hall–Kier alpha value is -0.640. The first-order valence-corrected chi connectivity index (χ1v) is 7.52. The highest BCUT2D eigenvalue weighted by molar-refractivity contribution is 6.42. The van der Waals surface area contributed by atoms with Gasteiger partial charge in [0.1, 0.15) is 0 Å². The van der Waals surface area contributed by atoms with Crippen molar-refractivity contribution in [3.63, 3.8) is 0 Å². The van der Waals surface area contributed by atoms with Gasteiger partial charge < -0.3 is 16.0 Å². The molecule has 106 valence electrons. The summed E-state index contributed by atoms with van der Waals surface area (Å²) in [6, 6.07) is 3.48. The molecular weight excluding hydrogens is 281 g/mol. The number of benzene rings is 1. The first kappa shape index (κ1) is 14.8. The van der Waals surface area contributed by atoms with Crippen molar-refractivity contribution < 1.29 is 0 Å². The number of nitrogens with one attached hydrogen (secondary N) is 1. The number of piperidine rings is 1. The molecule has 0 aromatic heterocycles. The third-order valence-electron chi connectivity index (χ3n) is 3.71. The van der Waals surface area contributed by atoms with Gasteiger partial charge in [-0.2, -0.15) is 0 Å². The summed E-state index contributed by atoms with van der Waals surface area (Å²) >= 11 is 11.9. The van der Waals surface area contributed by atoms with E-state index >= 15 is 0 Å². The van der Waals surface area contributed by atoms with Crippen LogP contribution in [0.4, 0.5) is 11.4 Å². The van der Waals surface area contributed by atoms with Crippen LogP contribution in [0, 0.1) is 5.92 Å². The van der Waals surface area contributed by atoms with Crippen LogP contribution in [-0.2, 0) is 0 Å². The second-order valence-electron chi connectivity index (χ2n) is 5.30. The molecule has 2 rings (SSSR count). The molecule has 0 aliphatic carbocycles. The highest BCUT2D eigenvalue weighted by Crippen LogP contribution is 2.30. The SMILES string of the molecule is CC1CCN(CCNc2cc(Cl)c(Cl)cc2N)CC1. The average molecular weight is 302 g/mol. The number of anilines is 2. The van der Waals surface area contributed by atoms with Crippen LogP contribution in [0.3, 0.4) is 0 Å². The lowest BCUT2D eigenvalue weighted by atomic mass is 9.99. The lowest BCUT2D eigenvalue weighted by Crippen LogP contribution is -2.36. The monoisotopic (exact) mass is 301 g/mol. The summed E-state index contributed by atoms with van der Waals surface area (Å²) in [5.41, 5.74) is 7.41. The van der Waals surface area contributed by atoms with Crippen molar-refractivity contribution in [1.82, 2.24) is 4.90 Å². The van der Waals surface area contributed by atoms with Crippen LogP contribution in [0.1, 0.15) is 19.8 Å². The first-order valence-electron chi connectivity index (χ1n) is 6.77. The van der Waals surface area contributed by atoms with E-state index in [4.69, 9.17) is 28.9 Å². The van der Waals surface area contributed by atoms with Gasteiger partial charge in [0, 0.05) is 13.1 Å². The van der Waals surface area contributed by atoms with Crippen LogP contribution in [-0.4, -0.2) is 31.1 Å². The number of nitrogens with two attached hydrogens (primary N) is 1. The number of hydrogen-bond acceptors (Lipinski definition) is 3. The molecule has 1 heterocycles. The molecule has 19 heavy (non-hydrogen) atoms. The average Bonchev–Trinajstić information content (AvgIpc) is 2.38. The van der Waals surface area contributed by atoms with Crippen LogP contribution < -0.4 is 11.1 Å². The van der Waals surface area contributed by atoms with Gasteiger partial charge >= 0.3 is 0 Å². The van der Waals surface area contributed by atoms with Crippen molar-refractivity contribution in [3.8, 4) is 0 Å². The molecule has 0 bridgehead atoms. The fourth-order valence-corrected chi connectivity index (χ4v) is 2.69. The zero-order chi connectivity index (χ0) is 13.8. The van der Waals surface area contributed by atoms with Gasteiger partial charge in [-0.25, -0.2) is 0 Å². The molecule has 0 atom stereocenters. The third-order valence-corrected chi connectivity index (χ3v) is 4.43. The topological polar surface area (TPSA) is 41.3 Å². The van der Waals surface area contributed by atoms with E-state index in [0.29, 0.717) is 15.7 Å². The molecule has 1 aliphatic rings. The Morgan fingerprint density at radius 2 is 1.89 bits per heavy atom. The highest BCUT2D eigenvalue weighted by atomic mass is 35.5. The molecule has 1 saturated heterocycles. The van der Waals surface area contributed by atoms with E-state index in [-0.39, 0.29) is 0 Å². The van der Waals surface area contributed by atoms with Crippen molar-refractivity contribution in [2.45, 2.75) is 19.8 Å². The van der Waals surface area contributed by atoms with Crippen LogP contribution in [0.2, 0.25) is 10.0 Å². The second-order valence-corrected chi connectivity index (χ2v) is 6.12. The quantitative estimate of drug-likeness (QED) is 0.833. The fraction of sp³-hybridized carbons (Fsp3) is 0.571. The molecule has 1 aromatic carbocycles. The summed E-state index contributed by atoms with van der Waals surface area (Å²) in [7, 11) is 0. The lowest BCUT2D eigenvalue weighted by Gasteiger charge is -2.30. The molecule has 0 radical (unpaired) electrons. The predicted molar refractivity (Wildman–Crippen MR) is 84.2 cm³/mol. The van der Waals surface area contributed by atoms with E-state index in [2.05, 4.69) is 17.1 Å². The number of rotatable bonds is 4. The van der Waals surface area contributed by atoms with Gasteiger partial charge in [0.05, 0.1) is 21.4 Å². The zero-order valence-electron chi connectivity index (χ0n) is 11.3. The molecule has 3 nitrogen and oxygen atoms in total. The van der Waals surface area contributed by atoms with E-state index in [1.807, 2.05) is 0 Å². The number of halogens is 2. The zero-order valence-corrected chi connectivity index (χ0v) is 12.8. The number of hydrogen-bond donors (Lipinski definition) is 2. The van der Waals surface area contributed by atoms with Crippen molar-refractivity contribution in [2.24, 2.45) is 5.92 Å². The maximum atomic E-state index is 5.99. The normalized spacial score (nSPS) is 17.6. The van der Waals surface area contributed by atoms with Crippen LogP contribution in [0.5, 0.6) is 0 Å². The van der Waals surface area contributed by atoms with Crippen LogP contribution in [0.15, 0.2) is 12.1 Å². The van der Waals surface area contributed by atoms with E-state index in [9.17, 15) is 0 Å². The van der Waals surface area contributed by atoms with Gasteiger partial charge in [-0.05, 0) is 44.0 Å². The van der Waals surface area contributed by atoms with Gasteiger partial charge in [0.2, 0.25) is 0 Å². The molecule has 1 aromatic rings. The number of nitrogens with zero attached hydrogens (tertiary/aromatic N) is 1. The van der Waals surface area contributed by atoms with Crippen molar-refractivity contribution in [1.29, 1.82) is 0 Å². The first-order chi connectivity index (χ1) is 9.06. The molecule has 3 N–H and O–H groups in total. The lowest BCUT2D eigenvalue weighted by molar-refractivity contribution is 0.199. The molecule has 1 aliphatic heterocycles. The summed E-state index contributed by atoms with van der Waals surface area (Å²) in [5, 5.41) is 4.36. The molecule has 0 unspecified atom stereocenters. The summed E-state index contributed by atoms with van der Waals surface area (Å²) in [6.45, 7) is 6.62. The molecule has 0 saturated carbocycles. The number of likely N-dealkylation sites (tertiary alicyclic amines) is 1. The standard InChI is InChI=1S/C14H21Cl2N3/c1-10-2-5-19(6-3-10)7-4-18-14-9-12(16)11(15)8-13(14)17/h8-10,18H,2-7,17H2,1H3. The second kappa shape index (κ2) is 6.69.